The lowest BCUT2D eigenvalue weighted by Gasteiger charge is -2.06. The summed E-state index contributed by atoms with van der Waals surface area (Å²) in [6.45, 7) is 0. The van der Waals surface area contributed by atoms with Crippen molar-refractivity contribution in [1.29, 1.82) is 0 Å². The van der Waals surface area contributed by atoms with Crippen molar-refractivity contribution in [3.05, 3.63) is 41.5 Å². The summed E-state index contributed by atoms with van der Waals surface area (Å²) in [4.78, 5) is 11.7. The molecule has 11 heteroatoms. The van der Waals surface area contributed by atoms with Crippen LogP contribution in [-0.4, -0.2) is 33.2 Å². The van der Waals surface area contributed by atoms with Crippen LogP contribution < -0.4 is 4.72 Å². The minimum Gasteiger partial charge on any atom is -0.263 e. The quantitative estimate of drug-likeness (QED) is 0.772. The molecule has 0 aromatic carbocycles. The highest BCUT2D eigenvalue weighted by Gasteiger charge is 2.17. The van der Waals surface area contributed by atoms with Crippen LogP contribution in [0.25, 0.3) is 5.82 Å². The fourth-order valence-corrected chi connectivity index (χ4v) is 3.97. The van der Waals surface area contributed by atoms with Crippen molar-refractivity contribution in [2.45, 2.75) is 4.21 Å². The number of rotatable bonds is 4. The van der Waals surface area contributed by atoms with E-state index in [2.05, 4.69) is 24.8 Å². The molecule has 0 saturated carbocycles. The Labute approximate surface area is 128 Å². The number of hydrogen-bond donors (Lipinski definition) is 1. The first kappa shape index (κ1) is 13.9. The average Bonchev–Trinajstić information content (AvgIpc) is 3.09. The van der Waals surface area contributed by atoms with Gasteiger partial charge in [-0.15, -0.1) is 11.3 Å². The molecule has 3 aromatic heterocycles. The number of hydrogen-bond acceptors (Lipinski definition) is 7. The zero-order chi connectivity index (χ0) is 14.9. The van der Waals surface area contributed by atoms with Crippen molar-refractivity contribution in [2.24, 2.45) is 0 Å². The lowest BCUT2D eigenvalue weighted by molar-refractivity contribution is 0.603. The van der Waals surface area contributed by atoms with Crippen molar-refractivity contribution in [2.75, 3.05) is 4.72 Å². The zero-order valence-corrected chi connectivity index (χ0v) is 12.6. The highest BCUT2D eigenvalue weighted by Crippen LogP contribution is 2.26. The van der Waals surface area contributed by atoms with Gasteiger partial charge in [0.05, 0.1) is 4.34 Å². The van der Waals surface area contributed by atoms with Gasteiger partial charge in [-0.25, -0.2) is 28.1 Å². The summed E-state index contributed by atoms with van der Waals surface area (Å²) in [6, 6.07) is 4.39. The van der Waals surface area contributed by atoms with E-state index in [4.69, 9.17) is 11.6 Å². The van der Waals surface area contributed by atoms with E-state index in [1.165, 1.54) is 41.9 Å². The highest BCUT2D eigenvalue weighted by molar-refractivity contribution is 7.94. The normalized spacial score (nSPS) is 11.5. The van der Waals surface area contributed by atoms with Gasteiger partial charge in [0, 0.05) is 6.07 Å². The standard InChI is InChI=1S/C10H7ClN6O2S2/c11-7-1-2-10(20-7)21(18,19)16-8-3-9(14-5-13-8)17-6-12-4-15-17/h1-6H,(H,13,14,16). The lowest BCUT2D eigenvalue weighted by atomic mass is 10.5. The molecule has 0 fully saturated rings. The monoisotopic (exact) mass is 342 g/mol. The molecular formula is C10H7ClN6O2S2. The maximum atomic E-state index is 12.2. The van der Waals surface area contributed by atoms with E-state index in [0.29, 0.717) is 10.2 Å². The second-order valence-electron chi connectivity index (χ2n) is 3.77. The van der Waals surface area contributed by atoms with Crippen LogP contribution in [0.2, 0.25) is 4.34 Å². The number of sulfonamides is 1. The summed E-state index contributed by atoms with van der Waals surface area (Å²) in [7, 11) is -3.73. The fraction of sp³-hybridized carbons (Fsp3) is 0. The van der Waals surface area contributed by atoms with Crippen LogP contribution in [-0.2, 0) is 10.0 Å². The smallest absolute Gasteiger partial charge is 0.263 e. The number of aromatic nitrogens is 5. The third-order valence-corrected chi connectivity index (χ3v) is 5.44. The molecule has 108 valence electrons. The Morgan fingerprint density at radius 1 is 1.24 bits per heavy atom. The van der Waals surface area contributed by atoms with Crippen LogP contribution in [0.1, 0.15) is 0 Å². The van der Waals surface area contributed by atoms with E-state index < -0.39 is 10.0 Å². The van der Waals surface area contributed by atoms with Gasteiger partial charge in [-0.05, 0) is 12.1 Å². The van der Waals surface area contributed by atoms with Crippen LogP contribution in [0.5, 0.6) is 0 Å². The van der Waals surface area contributed by atoms with E-state index in [1.54, 1.807) is 0 Å². The molecule has 0 atom stereocenters. The molecule has 0 saturated heterocycles. The summed E-state index contributed by atoms with van der Waals surface area (Å²) in [6.07, 6.45) is 4.02. The summed E-state index contributed by atoms with van der Waals surface area (Å²) in [5, 5.41) is 3.91. The molecule has 3 heterocycles. The van der Waals surface area contributed by atoms with Gasteiger partial charge < -0.3 is 0 Å². The fourth-order valence-electron chi connectivity index (χ4n) is 1.48. The van der Waals surface area contributed by atoms with E-state index in [-0.39, 0.29) is 10.0 Å². The zero-order valence-electron chi connectivity index (χ0n) is 10.2. The van der Waals surface area contributed by atoms with Gasteiger partial charge in [0.2, 0.25) is 0 Å². The molecule has 3 rings (SSSR count). The molecule has 0 aliphatic heterocycles. The maximum Gasteiger partial charge on any atom is 0.272 e. The van der Waals surface area contributed by atoms with Gasteiger partial charge in [0.25, 0.3) is 10.0 Å². The Bertz CT molecular complexity index is 861. The van der Waals surface area contributed by atoms with Gasteiger partial charge in [-0.2, -0.15) is 5.10 Å². The van der Waals surface area contributed by atoms with Gasteiger partial charge in [0.1, 0.15) is 29.0 Å². The lowest BCUT2D eigenvalue weighted by Crippen LogP contribution is -2.13. The summed E-state index contributed by atoms with van der Waals surface area (Å²) < 4.78 is 28.6. The van der Waals surface area contributed by atoms with Crippen molar-refractivity contribution < 1.29 is 8.42 Å². The van der Waals surface area contributed by atoms with E-state index in [9.17, 15) is 8.42 Å². The summed E-state index contributed by atoms with van der Waals surface area (Å²) >= 11 is 6.70. The molecule has 0 amide bonds. The molecule has 0 radical (unpaired) electrons. The number of nitrogens with zero attached hydrogens (tertiary/aromatic N) is 5. The molecule has 3 aromatic rings. The topological polar surface area (TPSA) is 103 Å². The SMILES string of the molecule is O=S(=O)(Nc1cc(-n2cncn2)ncn1)c1ccc(Cl)s1. The van der Waals surface area contributed by atoms with Gasteiger partial charge in [-0.3, -0.25) is 4.72 Å². The number of halogens is 1. The Morgan fingerprint density at radius 2 is 2.10 bits per heavy atom. The minimum atomic E-state index is -3.73. The number of anilines is 1. The molecule has 0 aliphatic rings. The van der Waals surface area contributed by atoms with E-state index in [0.717, 1.165) is 11.3 Å². The molecule has 21 heavy (non-hydrogen) atoms. The van der Waals surface area contributed by atoms with Crippen molar-refractivity contribution in [1.82, 2.24) is 24.7 Å². The molecule has 0 aliphatic carbocycles. The Balaban J connectivity index is 1.90. The highest BCUT2D eigenvalue weighted by atomic mass is 35.5. The van der Waals surface area contributed by atoms with Crippen molar-refractivity contribution in [3.63, 3.8) is 0 Å². The summed E-state index contributed by atoms with van der Waals surface area (Å²) in [5.41, 5.74) is 0. The second-order valence-corrected chi connectivity index (χ2v) is 7.39. The van der Waals surface area contributed by atoms with E-state index >= 15 is 0 Å². The number of thiophene rings is 1. The molecule has 0 spiro atoms. The van der Waals surface area contributed by atoms with Crippen LogP contribution in [0.15, 0.2) is 41.4 Å². The predicted molar refractivity (Wildman–Crippen MR) is 77.1 cm³/mol. The molecule has 8 nitrogen and oxygen atoms in total. The van der Waals surface area contributed by atoms with Crippen molar-refractivity contribution in [3.8, 4) is 5.82 Å². The van der Waals surface area contributed by atoms with Gasteiger partial charge in [-0.1, -0.05) is 11.6 Å². The van der Waals surface area contributed by atoms with Gasteiger partial charge >= 0.3 is 0 Å². The molecule has 1 N–H and O–H groups in total. The van der Waals surface area contributed by atoms with Crippen LogP contribution in [0.3, 0.4) is 0 Å². The van der Waals surface area contributed by atoms with Crippen LogP contribution in [0, 0.1) is 0 Å². The first-order valence-corrected chi connectivity index (χ1v) is 8.17. The Hall–Kier alpha value is -2.04. The molecule has 0 unspecified atom stereocenters. The number of nitrogens with one attached hydrogen (secondary N) is 1. The van der Waals surface area contributed by atoms with Crippen LogP contribution >= 0.6 is 22.9 Å². The predicted octanol–water partition coefficient (Wildman–Crippen LogP) is 1.57. The Kier molecular flexibility index (Phi) is 3.57. The average molecular weight is 343 g/mol. The maximum absolute atomic E-state index is 12.2. The second kappa shape index (κ2) is 5.39. The van der Waals surface area contributed by atoms with Gasteiger partial charge in [0.15, 0.2) is 5.82 Å². The van der Waals surface area contributed by atoms with Crippen LogP contribution in [0.4, 0.5) is 5.82 Å². The largest absolute Gasteiger partial charge is 0.272 e. The molecule has 0 bridgehead atoms. The third-order valence-electron chi connectivity index (χ3n) is 2.36. The minimum absolute atomic E-state index is 0.105. The van der Waals surface area contributed by atoms with E-state index in [1.807, 2.05) is 0 Å². The third kappa shape index (κ3) is 3.01. The first-order chi connectivity index (χ1) is 10.0. The summed E-state index contributed by atoms with van der Waals surface area (Å²) in [5.74, 6) is 0.518. The Morgan fingerprint density at radius 3 is 2.76 bits per heavy atom. The first-order valence-electron chi connectivity index (χ1n) is 5.50. The van der Waals surface area contributed by atoms with Crippen molar-refractivity contribution >= 4 is 38.8 Å². The molecular weight excluding hydrogens is 336 g/mol.